The molecule has 1 heterocycles. The fraction of sp³-hybridized carbons (Fsp3) is 0.533. The number of hydrogen-bond acceptors (Lipinski definition) is 2. The van der Waals surface area contributed by atoms with Gasteiger partial charge in [0.2, 0.25) is 0 Å². The van der Waals surface area contributed by atoms with Crippen LogP contribution in [0.1, 0.15) is 31.4 Å². The molecule has 0 aliphatic carbocycles. The van der Waals surface area contributed by atoms with Crippen LogP contribution in [-0.4, -0.2) is 18.9 Å². The number of nitrogens with two attached hydrogens (primary N) is 1. The minimum absolute atomic E-state index is 0.243. The molecule has 2 rings (SSSR count). The lowest BCUT2D eigenvalue weighted by Gasteiger charge is -2.22. The number of nitrogens with zero attached hydrogens (tertiary/aromatic N) is 1. The van der Waals surface area contributed by atoms with Crippen LogP contribution in [0.4, 0.5) is 18.9 Å². The monoisotopic (exact) mass is 299 g/mol. The molecule has 21 heavy (non-hydrogen) atoms. The van der Waals surface area contributed by atoms with Crippen molar-refractivity contribution in [1.82, 2.24) is 0 Å². The summed E-state index contributed by atoms with van der Waals surface area (Å²) in [5.41, 5.74) is 4.93. The van der Waals surface area contributed by atoms with E-state index in [1.54, 1.807) is 0 Å². The van der Waals surface area contributed by atoms with Gasteiger partial charge in [-0.3, -0.25) is 5.41 Å². The summed E-state index contributed by atoms with van der Waals surface area (Å²) in [5.74, 6) is 0.550. The van der Waals surface area contributed by atoms with E-state index in [4.69, 9.17) is 11.1 Å². The molecule has 6 heteroatoms. The first-order chi connectivity index (χ1) is 9.70. The molecule has 0 bridgehead atoms. The van der Waals surface area contributed by atoms with Gasteiger partial charge in [-0.1, -0.05) is 13.8 Å². The van der Waals surface area contributed by atoms with E-state index in [9.17, 15) is 13.2 Å². The normalized spacial score (nSPS) is 19.3. The predicted molar refractivity (Wildman–Crippen MR) is 77.6 cm³/mol. The topological polar surface area (TPSA) is 53.1 Å². The average molecular weight is 299 g/mol. The zero-order valence-corrected chi connectivity index (χ0v) is 12.2. The summed E-state index contributed by atoms with van der Waals surface area (Å²) in [5, 5.41) is 7.39. The molecule has 1 aromatic carbocycles. The molecule has 1 aliphatic heterocycles. The molecule has 1 fully saturated rings. The molecule has 3 nitrogen and oxygen atoms in total. The van der Waals surface area contributed by atoms with Crippen molar-refractivity contribution in [3.63, 3.8) is 0 Å². The van der Waals surface area contributed by atoms with Crippen LogP contribution >= 0.6 is 0 Å². The Morgan fingerprint density at radius 3 is 2.52 bits per heavy atom. The number of anilines is 1. The van der Waals surface area contributed by atoms with E-state index in [1.807, 2.05) is 0 Å². The molecule has 1 aromatic rings. The van der Waals surface area contributed by atoms with Gasteiger partial charge in [-0.05, 0) is 36.5 Å². The van der Waals surface area contributed by atoms with E-state index < -0.39 is 17.6 Å². The number of hydrogen-bond donors (Lipinski definition) is 2. The van der Waals surface area contributed by atoms with Gasteiger partial charge in [-0.25, -0.2) is 0 Å². The third kappa shape index (κ3) is 3.31. The highest BCUT2D eigenvalue weighted by Crippen LogP contribution is 2.35. The molecule has 0 aromatic heterocycles. The molecule has 1 atom stereocenters. The highest BCUT2D eigenvalue weighted by Gasteiger charge is 2.35. The van der Waals surface area contributed by atoms with Gasteiger partial charge in [0, 0.05) is 24.3 Å². The standard InChI is InChI=1S/C15H20F3N3/c1-9(2)10-5-6-21(8-10)11-3-4-13(15(16,17)18)12(7-11)14(19)20/h3-4,7,9-10H,5-6,8H2,1-2H3,(H3,19,20). The van der Waals surface area contributed by atoms with Crippen LogP contribution < -0.4 is 10.6 Å². The van der Waals surface area contributed by atoms with Gasteiger partial charge in [-0.15, -0.1) is 0 Å². The van der Waals surface area contributed by atoms with Gasteiger partial charge in [0.15, 0.2) is 0 Å². The van der Waals surface area contributed by atoms with Crippen LogP contribution in [0.2, 0.25) is 0 Å². The number of halogens is 3. The van der Waals surface area contributed by atoms with Gasteiger partial charge in [-0.2, -0.15) is 13.2 Å². The fourth-order valence-corrected chi connectivity index (χ4v) is 2.76. The Labute approximate surface area is 122 Å². The van der Waals surface area contributed by atoms with Crippen LogP contribution in [0.15, 0.2) is 18.2 Å². The Hall–Kier alpha value is -1.72. The summed E-state index contributed by atoms with van der Waals surface area (Å²) < 4.78 is 38.8. The molecular formula is C15H20F3N3. The molecule has 1 unspecified atom stereocenters. The highest BCUT2D eigenvalue weighted by atomic mass is 19.4. The molecule has 3 N–H and O–H groups in total. The zero-order valence-electron chi connectivity index (χ0n) is 12.2. The molecule has 1 aliphatic rings. The van der Waals surface area contributed by atoms with Crippen LogP contribution in [0, 0.1) is 17.2 Å². The molecule has 0 saturated carbocycles. The van der Waals surface area contributed by atoms with Crippen molar-refractivity contribution in [2.45, 2.75) is 26.4 Å². The van der Waals surface area contributed by atoms with Gasteiger partial charge in [0.1, 0.15) is 5.84 Å². The first kappa shape index (κ1) is 15.7. The van der Waals surface area contributed by atoms with Gasteiger partial charge in [0.25, 0.3) is 0 Å². The summed E-state index contributed by atoms with van der Waals surface area (Å²) in [4.78, 5) is 2.07. The Morgan fingerprint density at radius 2 is 2.05 bits per heavy atom. The third-order valence-electron chi connectivity index (χ3n) is 4.13. The van der Waals surface area contributed by atoms with Crippen LogP contribution in [-0.2, 0) is 6.18 Å². The number of nitrogens with one attached hydrogen (secondary N) is 1. The first-order valence-corrected chi connectivity index (χ1v) is 7.00. The van der Waals surface area contributed by atoms with Crippen molar-refractivity contribution in [3.8, 4) is 0 Å². The van der Waals surface area contributed by atoms with E-state index in [2.05, 4.69) is 18.7 Å². The van der Waals surface area contributed by atoms with E-state index in [-0.39, 0.29) is 5.56 Å². The molecular weight excluding hydrogens is 279 g/mol. The van der Waals surface area contributed by atoms with Crippen molar-refractivity contribution >= 4 is 11.5 Å². The first-order valence-electron chi connectivity index (χ1n) is 7.00. The number of rotatable bonds is 3. The number of nitrogen functional groups attached to an aromatic ring is 1. The smallest absolute Gasteiger partial charge is 0.384 e. The number of alkyl halides is 3. The van der Waals surface area contributed by atoms with Crippen molar-refractivity contribution in [2.75, 3.05) is 18.0 Å². The number of benzene rings is 1. The molecule has 116 valence electrons. The summed E-state index contributed by atoms with van der Waals surface area (Å²) in [7, 11) is 0. The lowest BCUT2D eigenvalue weighted by molar-refractivity contribution is -0.137. The summed E-state index contributed by atoms with van der Waals surface area (Å²) >= 11 is 0. The Bertz CT molecular complexity index is 537. The van der Waals surface area contributed by atoms with E-state index in [0.29, 0.717) is 17.5 Å². The van der Waals surface area contributed by atoms with Crippen LogP contribution in [0.5, 0.6) is 0 Å². The molecule has 0 amide bonds. The van der Waals surface area contributed by atoms with Gasteiger partial charge >= 0.3 is 6.18 Å². The maximum Gasteiger partial charge on any atom is 0.417 e. The second-order valence-corrected chi connectivity index (χ2v) is 5.88. The summed E-state index contributed by atoms with van der Waals surface area (Å²) in [6.45, 7) is 5.97. The Morgan fingerprint density at radius 1 is 1.38 bits per heavy atom. The minimum Gasteiger partial charge on any atom is -0.384 e. The summed E-state index contributed by atoms with van der Waals surface area (Å²) in [6, 6.07) is 3.88. The minimum atomic E-state index is -4.50. The SMILES string of the molecule is CC(C)C1CCN(c2ccc(C(F)(F)F)c(C(=N)N)c2)C1. The fourth-order valence-electron chi connectivity index (χ4n) is 2.76. The van der Waals surface area contributed by atoms with Gasteiger partial charge < -0.3 is 10.6 Å². The third-order valence-corrected chi connectivity index (χ3v) is 4.13. The van der Waals surface area contributed by atoms with Crippen molar-refractivity contribution in [1.29, 1.82) is 5.41 Å². The largest absolute Gasteiger partial charge is 0.417 e. The predicted octanol–water partition coefficient (Wildman–Crippen LogP) is 3.47. The number of amidine groups is 1. The molecule has 0 spiro atoms. The quantitative estimate of drug-likeness (QED) is 0.663. The maximum absolute atomic E-state index is 12.9. The van der Waals surface area contributed by atoms with Crippen LogP contribution in [0.3, 0.4) is 0 Å². The Balaban J connectivity index is 2.31. The molecule has 0 radical (unpaired) electrons. The zero-order chi connectivity index (χ0) is 15.8. The lowest BCUT2D eigenvalue weighted by atomic mass is 9.95. The molecule has 1 saturated heterocycles. The van der Waals surface area contributed by atoms with Crippen molar-refractivity contribution < 1.29 is 13.2 Å². The Kier molecular flexibility index (Phi) is 4.16. The summed E-state index contributed by atoms with van der Waals surface area (Å²) in [6.07, 6.45) is -3.46. The van der Waals surface area contributed by atoms with Crippen molar-refractivity contribution in [3.05, 3.63) is 29.3 Å². The second kappa shape index (κ2) is 5.58. The highest BCUT2D eigenvalue weighted by molar-refractivity contribution is 5.97. The maximum atomic E-state index is 12.9. The van der Waals surface area contributed by atoms with E-state index >= 15 is 0 Å². The van der Waals surface area contributed by atoms with Crippen molar-refractivity contribution in [2.24, 2.45) is 17.6 Å². The lowest BCUT2D eigenvalue weighted by Crippen LogP contribution is -2.23. The van der Waals surface area contributed by atoms with E-state index in [1.165, 1.54) is 12.1 Å². The second-order valence-electron chi connectivity index (χ2n) is 5.88. The van der Waals surface area contributed by atoms with Gasteiger partial charge in [0.05, 0.1) is 5.56 Å². The average Bonchev–Trinajstić information content (AvgIpc) is 2.86. The van der Waals surface area contributed by atoms with Crippen LogP contribution in [0.25, 0.3) is 0 Å². The van der Waals surface area contributed by atoms with E-state index in [0.717, 1.165) is 25.6 Å².